The van der Waals surface area contributed by atoms with Crippen LogP contribution in [0.4, 0.5) is 11.8 Å². The van der Waals surface area contributed by atoms with Crippen LogP contribution >= 0.6 is 0 Å². The fraction of sp³-hybridized carbons (Fsp3) is 0.400. The number of carbonyl (C=O) groups is 1. The molecule has 0 radical (unpaired) electrons. The lowest BCUT2D eigenvalue weighted by molar-refractivity contribution is -0.120. The third-order valence-corrected chi connectivity index (χ3v) is 3.23. The Bertz CT molecular complexity index is 628. The van der Waals surface area contributed by atoms with Crippen molar-refractivity contribution < 1.29 is 4.79 Å². The topological polar surface area (TPSA) is 70.2 Å². The number of amides is 1. The molecule has 6 heteroatoms. The van der Waals surface area contributed by atoms with Crippen LogP contribution in [0.2, 0.25) is 0 Å². The van der Waals surface area contributed by atoms with Crippen LogP contribution in [0.3, 0.4) is 0 Å². The van der Waals surface area contributed by atoms with Gasteiger partial charge in [0.25, 0.3) is 0 Å². The van der Waals surface area contributed by atoms with Crippen LogP contribution in [-0.4, -0.2) is 43.1 Å². The van der Waals surface area contributed by atoms with Gasteiger partial charge in [-0.05, 0) is 19.1 Å². The first-order chi connectivity index (χ1) is 10.2. The first-order valence-corrected chi connectivity index (χ1v) is 7.08. The number of rotatable bonds is 6. The second kappa shape index (κ2) is 6.88. The second-order valence-corrected chi connectivity index (χ2v) is 4.76. The summed E-state index contributed by atoms with van der Waals surface area (Å²) in [6.07, 6.45) is 0.432. The lowest BCUT2D eigenvalue weighted by Crippen LogP contribution is -2.27. The molecular formula is C15H21N5O. The number of hydrogen-bond donors (Lipinski definition) is 2. The molecule has 2 aromatic rings. The minimum absolute atomic E-state index is 0.0205. The molecule has 0 unspecified atom stereocenters. The van der Waals surface area contributed by atoms with Gasteiger partial charge in [0, 0.05) is 39.0 Å². The van der Waals surface area contributed by atoms with Crippen molar-refractivity contribution in [3.05, 3.63) is 24.3 Å². The molecule has 0 atom stereocenters. The molecule has 0 saturated heterocycles. The van der Waals surface area contributed by atoms with Gasteiger partial charge in [0.2, 0.25) is 11.9 Å². The van der Waals surface area contributed by atoms with Crippen molar-refractivity contribution in [2.75, 3.05) is 37.4 Å². The maximum atomic E-state index is 11.4. The van der Waals surface area contributed by atoms with Gasteiger partial charge in [-0.3, -0.25) is 4.79 Å². The molecule has 0 fully saturated rings. The normalized spacial score (nSPS) is 10.4. The quantitative estimate of drug-likeness (QED) is 0.845. The van der Waals surface area contributed by atoms with Crippen LogP contribution in [0, 0.1) is 0 Å². The Labute approximate surface area is 124 Å². The first kappa shape index (κ1) is 15.0. The Morgan fingerprint density at radius 1 is 1.29 bits per heavy atom. The highest BCUT2D eigenvalue weighted by Crippen LogP contribution is 2.24. The largest absolute Gasteiger partial charge is 0.359 e. The predicted molar refractivity (Wildman–Crippen MR) is 85.7 cm³/mol. The summed E-state index contributed by atoms with van der Waals surface area (Å²) < 4.78 is 0. The average molecular weight is 287 g/mol. The Balaban J connectivity index is 2.33. The SMILES string of the molecule is CCNc1nc(N(C)CCC(=O)NC)c2ccccc2n1. The summed E-state index contributed by atoms with van der Waals surface area (Å²) >= 11 is 0. The van der Waals surface area contributed by atoms with Gasteiger partial charge in [0.1, 0.15) is 5.82 Å². The minimum atomic E-state index is 0.0205. The summed E-state index contributed by atoms with van der Waals surface area (Å²) in [7, 11) is 3.58. The summed E-state index contributed by atoms with van der Waals surface area (Å²) in [6.45, 7) is 3.37. The third kappa shape index (κ3) is 3.59. The molecule has 1 amide bonds. The molecule has 2 N–H and O–H groups in total. The third-order valence-electron chi connectivity index (χ3n) is 3.23. The van der Waals surface area contributed by atoms with E-state index in [2.05, 4.69) is 20.6 Å². The zero-order valence-corrected chi connectivity index (χ0v) is 12.7. The zero-order valence-electron chi connectivity index (χ0n) is 12.7. The average Bonchev–Trinajstić information content (AvgIpc) is 2.51. The lowest BCUT2D eigenvalue weighted by atomic mass is 10.2. The molecule has 0 aliphatic heterocycles. The molecule has 0 bridgehead atoms. The van der Waals surface area contributed by atoms with Crippen molar-refractivity contribution in [2.45, 2.75) is 13.3 Å². The van der Waals surface area contributed by atoms with E-state index >= 15 is 0 Å². The van der Waals surface area contributed by atoms with Gasteiger partial charge in [0.05, 0.1) is 5.52 Å². The number of anilines is 2. The fourth-order valence-electron chi connectivity index (χ4n) is 2.09. The molecule has 1 heterocycles. The Hall–Kier alpha value is -2.37. The molecule has 0 aliphatic rings. The number of para-hydroxylation sites is 1. The van der Waals surface area contributed by atoms with Gasteiger partial charge in [-0.2, -0.15) is 4.98 Å². The van der Waals surface area contributed by atoms with E-state index in [1.807, 2.05) is 43.1 Å². The van der Waals surface area contributed by atoms with E-state index in [4.69, 9.17) is 0 Å². The van der Waals surface area contributed by atoms with E-state index in [1.54, 1.807) is 7.05 Å². The molecule has 6 nitrogen and oxygen atoms in total. The van der Waals surface area contributed by atoms with E-state index < -0.39 is 0 Å². The van der Waals surface area contributed by atoms with Crippen LogP contribution in [0.5, 0.6) is 0 Å². The number of nitrogens with one attached hydrogen (secondary N) is 2. The second-order valence-electron chi connectivity index (χ2n) is 4.76. The van der Waals surface area contributed by atoms with Crippen LogP contribution in [0.1, 0.15) is 13.3 Å². The van der Waals surface area contributed by atoms with Gasteiger partial charge < -0.3 is 15.5 Å². The lowest BCUT2D eigenvalue weighted by Gasteiger charge is -2.20. The monoisotopic (exact) mass is 287 g/mol. The number of hydrogen-bond acceptors (Lipinski definition) is 5. The van der Waals surface area contributed by atoms with Crippen molar-refractivity contribution in [3.63, 3.8) is 0 Å². The standard InChI is InChI=1S/C15H21N5O/c1-4-17-15-18-12-8-6-5-7-11(12)14(19-15)20(3)10-9-13(21)16-2/h5-8H,4,9-10H2,1-3H3,(H,16,21)(H,17,18,19). The highest BCUT2D eigenvalue weighted by molar-refractivity contribution is 5.90. The smallest absolute Gasteiger partial charge is 0.225 e. The Morgan fingerprint density at radius 3 is 2.76 bits per heavy atom. The number of fused-ring (bicyclic) bond motifs is 1. The number of carbonyl (C=O) groups excluding carboxylic acids is 1. The maximum absolute atomic E-state index is 11.4. The summed E-state index contributed by atoms with van der Waals surface area (Å²) in [5.74, 6) is 1.46. The van der Waals surface area contributed by atoms with E-state index in [0.29, 0.717) is 18.9 Å². The van der Waals surface area contributed by atoms with Gasteiger partial charge in [-0.1, -0.05) is 12.1 Å². The van der Waals surface area contributed by atoms with E-state index in [9.17, 15) is 4.79 Å². The van der Waals surface area contributed by atoms with Crippen LogP contribution in [-0.2, 0) is 4.79 Å². The maximum Gasteiger partial charge on any atom is 0.225 e. The molecule has 1 aromatic carbocycles. The fourth-order valence-corrected chi connectivity index (χ4v) is 2.09. The van der Waals surface area contributed by atoms with Gasteiger partial charge >= 0.3 is 0 Å². The Kier molecular flexibility index (Phi) is 4.92. The Morgan fingerprint density at radius 2 is 2.05 bits per heavy atom. The van der Waals surface area contributed by atoms with E-state index in [0.717, 1.165) is 23.3 Å². The molecule has 0 spiro atoms. The molecule has 21 heavy (non-hydrogen) atoms. The van der Waals surface area contributed by atoms with Crippen molar-refractivity contribution in [2.24, 2.45) is 0 Å². The molecule has 1 aromatic heterocycles. The number of benzene rings is 1. The molecule has 0 saturated carbocycles. The number of aromatic nitrogens is 2. The highest BCUT2D eigenvalue weighted by atomic mass is 16.1. The van der Waals surface area contributed by atoms with Crippen molar-refractivity contribution in [1.29, 1.82) is 0 Å². The van der Waals surface area contributed by atoms with Crippen LogP contribution in [0.25, 0.3) is 10.9 Å². The summed E-state index contributed by atoms with van der Waals surface area (Å²) in [4.78, 5) is 22.4. The minimum Gasteiger partial charge on any atom is -0.359 e. The first-order valence-electron chi connectivity index (χ1n) is 7.08. The van der Waals surface area contributed by atoms with Gasteiger partial charge in [0.15, 0.2) is 0 Å². The summed E-state index contributed by atoms with van der Waals surface area (Å²) in [6, 6.07) is 7.89. The van der Waals surface area contributed by atoms with Crippen LogP contribution < -0.4 is 15.5 Å². The van der Waals surface area contributed by atoms with E-state index in [1.165, 1.54) is 0 Å². The number of nitrogens with zero attached hydrogens (tertiary/aromatic N) is 3. The van der Waals surface area contributed by atoms with Crippen molar-refractivity contribution in [3.8, 4) is 0 Å². The zero-order chi connectivity index (χ0) is 15.2. The predicted octanol–water partition coefficient (Wildman–Crippen LogP) is 1.63. The highest BCUT2D eigenvalue weighted by Gasteiger charge is 2.12. The van der Waals surface area contributed by atoms with Crippen molar-refractivity contribution in [1.82, 2.24) is 15.3 Å². The van der Waals surface area contributed by atoms with E-state index in [-0.39, 0.29) is 5.91 Å². The summed E-state index contributed by atoms with van der Waals surface area (Å²) in [5, 5.41) is 6.76. The summed E-state index contributed by atoms with van der Waals surface area (Å²) in [5.41, 5.74) is 0.894. The van der Waals surface area contributed by atoms with Gasteiger partial charge in [-0.15, -0.1) is 0 Å². The molecule has 2 rings (SSSR count). The van der Waals surface area contributed by atoms with Crippen LogP contribution in [0.15, 0.2) is 24.3 Å². The van der Waals surface area contributed by atoms with Gasteiger partial charge in [-0.25, -0.2) is 4.98 Å². The van der Waals surface area contributed by atoms with Crippen molar-refractivity contribution >= 4 is 28.6 Å². The molecular weight excluding hydrogens is 266 g/mol. The molecule has 0 aliphatic carbocycles. The molecule has 112 valence electrons.